The average molecular weight is 426 g/mol. The van der Waals surface area contributed by atoms with Crippen LogP contribution in [0.15, 0.2) is 34.2 Å². The Labute approximate surface area is 167 Å². The van der Waals surface area contributed by atoms with Gasteiger partial charge in [-0.2, -0.15) is 8.42 Å². The molecule has 0 saturated carbocycles. The van der Waals surface area contributed by atoms with Gasteiger partial charge in [0.1, 0.15) is 10.7 Å². The van der Waals surface area contributed by atoms with E-state index in [4.69, 9.17) is 0 Å². The molecule has 7 nitrogen and oxygen atoms in total. The molecular weight excluding hydrogens is 398 g/mol. The molecule has 1 saturated heterocycles. The molecule has 2 aliphatic rings. The van der Waals surface area contributed by atoms with E-state index in [-0.39, 0.29) is 10.7 Å². The molecule has 2 aliphatic heterocycles. The van der Waals surface area contributed by atoms with Gasteiger partial charge in [-0.25, -0.2) is 12.7 Å². The van der Waals surface area contributed by atoms with Crippen molar-refractivity contribution in [1.82, 2.24) is 9.21 Å². The summed E-state index contributed by atoms with van der Waals surface area (Å²) in [5.41, 5.74) is 2.30. The van der Waals surface area contributed by atoms with Gasteiger partial charge in [0.2, 0.25) is 10.0 Å². The van der Waals surface area contributed by atoms with Crippen molar-refractivity contribution >= 4 is 30.8 Å². The van der Waals surface area contributed by atoms with Crippen molar-refractivity contribution in [3.8, 4) is 0 Å². The number of rotatable bonds is 4. The summed E-state index contributed by atoms with van der Waals surface area (Å²) in [4.78, 5) is 2.14. The van der Waals surface area contributed by atoms with Crippen molar-refractivity contribution in [1.29, 1.82) is 0 Å². The lowest BCUT2D eigenvalue weighted by Crippen LogP contribution is -2.38. The number of amidine groups is 1. The molecule has 0 bridgehead atoms. The molecule has 0 N–H and O–H groups in total. The van der Waals surface area contributed by atoms with Crippen LogP contribution in [0.1, 0.15) is 37.8 Å². The minimum absolute atomic E-state index is 0.138. The molecule has 154 valence electrons. The van der Waals surface area contributed by atoms with Gasteiger partial charge in [0.05, 0.1) is 5.75 Å². The minimum Gasteiger partial charge on any atom is -0.354 e. The number of hydrogen-bond donors (Lipinski definition) is 0. The van der Waals surface area contributed by atoms with Gasteiger partial charge in [0.15, 0.2) is 0 Å². The molecule has 1 aromatic carbocycles. The highest BCUT2D eigenvalue weighted by molar-refractivity contribution is 8.00. The van der Waals surface area contributed by atoms with E-state index in [0.717, 1.165) is 5.56 Å². The monoisotopic (exact) mass is 425 g/mol. The van der Waals surface area contributed by atoms with Crippen LogP contribution in [0.25, 0.3) is 4.91 Å². The van der Waals surface area contributed by atoms with Crippen LogP contribution in [0.2, 0.25) is 0 Å². The van der Waals surface area contributed by atoms with E-state index < -0.39 is 20.0 Å². The fourth-order valence-corrected chi connectivity index (χ4v) is 6.68. The molecule has 0 unspecified atom stereocenters. The van der Waals surface area contributed by atoms with Crippen molar-refractivity contribution in [2.75, 3.05) is 31.9 Å². The first kappa shape index (κ1) is 21.0. The molecule has 0 amide bonds. The Morgan fingerprint density at radius 1 is 1.04 bits per heavy atom. The van der Waals surface area contributed by atoms with Crippen LogP contribution in [0.4, 0.5) is 0 Å². The van der Waals surface area contributed by atoms with Gasteiger partial charge in [-0.3, -0.25) is 0 Å². The van der Waals surface area contributed by atoms with Crippen LogP contribution in [0.5, 0.6) is 0 Å². The molecule has 0 aliphatic carbocycles. The van der Waals surface area contributed by atoms with Crippen LogP contribution in [-0.4, -0.2) is 63.8 Å². The van der Waals surface area contributed by atoms with Crippen molar-refractivity contribution in [3.63, 3.8) is 0 Å². The molecule has 3 rings (SSSR count). The lowest BCUT2D eigenvalue weighted by atomic mass is 10.1. The smallest absolute Gasteiger partial charge is 0.285 e. The first-order valence-electron chi connectivity index (χ1n) is 9.52. The third kappa shape index (κ3) is 4.16. The predicted molar refractivity (Wildman–Crippen MR) is 112 cm³/mol. The zero-order chi connectivity index (χ0) is 20.5. The van der Waals surface area contributed by atoms with Crippen LogP contribution < -0.4 is 0 Å². The van der Waals surface area contributed by atoms with Crippen LogP contribution >= 0.6 is 0 Å². The summed E-state index contributed by atoms with van der Waals surface area (Å²) in [6, 6.07) is 7.36. The molecular formula is C19H27N3O4S2. The lowest BCUT2D eigenvalue weighted by Gasteiger charge is -2.23. The number of sulfonamides is 2. The Bertz CT molecular complexity index is 1010. The summed E-state index contributed by atoms with van der Waals surface area (Å²) in [6.45, 7) is 7.36. The van der Waals surface area contributed by atoms with E-state index in [1.165, 1.54) is 4.31 Å². The molecule has 28 heavy (non-hydrogen) atoms. The summed E-state index contributed by atoms with van der Waals surface area (Å²) in [5.74, 6) is 0.573. The summed E-state index contributed by atoms with van der Waals surface area (Å²) < 4.78 is 55.8. The summed E-state index contributed by atoms with van der Waals surface area (Å²) in [5, 5.41) is 0. The third-order valence-electron chi connectivity index (χ3n) is 5.06. The first-order chi connectivity index (χ1) is 13.2. The highest BCUT2D eigenvalue weighted by Gasteiger charge is 2.34. The Balaban J connectivity index is 1.87. The number of aryl methyl sites for hydroxylation is 1. The van der Waals surface area contributed by atoms with Crippen LogP contribution in [0.3, 0.4) is 0 Å². The van der Waals surface area contributed by atoms with Gasteiger partial charge >= 0.3 is 0 Å². The predicted octanol–water partition coefficient (Wildman–Crippen LogP) is 2.22. The zero-order valence-electron chi connectivity index (χ0n) is 16.6. The molecule has 0 spiro atoms. The Morgan fingerprint density at radius 3 is 2.36 bits per heavy atom. The van der Waals surface area contributed by atoms with Gasteiger partial charge in [0, 0.05) is 31.8 Å². The molecule has 0 radical (unpaired) electrons. The zero-order valence-corrected chi connectivity index (χ0v) is 18.2. The fraction of sp³-hybridized carbons (Fsp3) is 0.526. The maximum Gasteiger partial charge on any atom is 0.285 e. The first-order valence-corrected chi connectivity index (χ1v) is 12.6. The second-order valence-electron chi connectivity index (χ2n) is 7.27. The van der Waals surface area contributed by atoms with Gasteiger partial charge < -0.3 is 4.90 Å². The Morgan fingerprint density at radius 2 is 1.71 bits per heavy atom. The van der Waals surface area contributed by atoms with Crippen LogP contribution in [-0.2, 0) is 20.0 Å². The van der Waals surface area contributed by atoms with Crippen molar-refractivity contribution in [3.05, 3.63) is 41.0 Å². The quantitative estimate of drug-likeness (QED) is 0.738. The van der Waals surface area contributed by atoms with E-state index in [2.05, 4.69) is 4.40 Å². The van der Waals surface area contributed by atoms with Gasteiger partial charge in [0.25, 0.3) is 10.0 Å². The largest absolute Gasteiger partial charge is 0.354 e. The maximum absolute atomic E-state index is 12.7. The highest BCUT2D eigenvalue weighted by Crippen LogP contribution is 2.34. The molecule has 0 atom stereocenters. The van der Waals surface area contributed by atoms with Gasteiger partial charge in [-0.1, -0.05) is 36.8 Å². The maximum atomic E-state index is 12.7. The van der Waals surface area contributed by atoms with Crippen molar-refractivity contribution in [2.24, 2.45) is 4.40 Å². The molecule has 1 aromatic rings. The average Bonchev–Trinajstić information content (AvgIpc) is 2.79. The Kier molecular flexibility index (Phi) is 5.97. The second kappa shape index (κ2) is 7.96. The number of nitrogens with zero attached hydrogens (tertiary/aromatic N) is 3. The molecule has 1 fully saturated rings. The summed E-state index contributed by atoms with van der Waals surface area (Å²) in [6.07, 6.45) is 1.21. The third-order valence-corrected chi connectivity index (χ3v) is 8.61. The molecule has 0 aromatic heterocycles. The minimum atomic E-state index is -3.77. The van der Waals surface area contributed by atoms with Crippen molar-refractivity contribution in [2.45, 2.75) is 33.6 Å². The van der Waals surface area contributed by atoms with Crippen LogP contribution in [0, 0.1) is 6.92 Å². The molecule has 9 heteroatoms. The van der Waals surface area contributed by atoms with Crippen molar-refractivity contribution < 1.29 is 16.8 Å². The van der Waals surface area contributed by atoms with Gasteiger partial charge in [-0.05, 0) is 32.3 Å². The van der Waals surface area contributed by atoms with E-state index in [1.807, 2.05) is 30.9 Å². The van der Waals surface area contributed by atoms with E-state index >= 15 is 0 Å². The molecule has 2 heterocycles. The SMILES string of the molecule is CCCS(=O)(=O)N1CCCN(C2=NS(=O)(=O)C(c3ccc(C)cc3)=C2C)CC1. The summed E-state index contributed by atoms with van der Waals surface area (Å²) in [7, 11) is -7.03. The standard InChI is InChI=1S/C19H27N3O4S2/c1-4-14-27(23,24)22-11-5-10-21(12-13-22)19-16(3)18(28(25,26)20-19)17-8-6-15(2)7-9-17/h6-9H,4-5,10-14H2,1-3H3. The Hall–Kier alpha value is -1.71. The van der Waals surface area contributed by atoms with E-state index in [9.17, 15) is 16.8 Å². The fourth-order valence-electron chi connectivity index (χ4n) is 3.66. The van der Waals surface area contributed by atoms with E-state index in [0.29, 0.717) is 56.0 Å². The number of benzene rings is 1. The summed E-state index contributed by atoms with van der Waals surface area (Å²) >= 11 is 0. The topological polar surface area (TPSA) is 87.1 Å². The lowest BCUT2D eigenvalue weighted by molar-refractivity contribution is 0.408. The number of hydrogen-bond acceptors (Lipinski definition) is 5. The van der Waals surface area contributed by atoms with Gasteiger partial charge in [-0.15, -0.1) is 4.40 Å². The van der Waals surface area contributed by atoms with E-state index in [1.54, 1.807) is 19.1 Å². The second-order valence-corrected chi connectivity index (χ2v) is 10.9. The normalized spacial score (nSPS) is 21.0. The highest BCUT2D eigenvalue weighted by atomic mass is 32.2.